The van der Waals surface area contributed by atoms with Crippen molar-refractivity contribution < 1.29 is 19.2 Å². The summed E-state index contributed by atoms with van der Waals surface area (Å²) in [5, 5.41) is 21.8. The van der Waals surface area contributed by atoms with Crippen molar-refractivity contribution in [2.45, 2.75) is 110 Å². The summed E-state index contributed by atoms with van der Waals surface area (Å²) in [6, 6.07) is 12.4. The summed E-state index contributed by atoms with van der Waals surface area (Å²) < 4.78 is 0. The molecule has 3 aromatic heterocycles. The predicted molar refractivity (Wildman–Crippen MR) is 324 cm³/mol. The van der Waals surface area contributed by atoms with Crippen LogP contribution in [-0.2, 0) is 14.4 Å². The Morgan fingerprint density at radius 3 is 2.11 bits per heavy atom. The van der Waals surface area contributed by atoms with E-state index >= 15 is 0 Å². The molecule has 2 saturated heterocycles. The first kappa shape index (κ1) is 69.5. The SMILES string of the molecule is C=N.CC.CC.CCCN(N)/C=C\N.N/C=C\N(N)CCNCC(=O)Nc1ccc(C(=O)NCCCCCCCC(=O)N2CCN(CCC(NC(=O)C3(N)CCN(c4ncnc5[nH]ccc45)CC3)c3ccc(Cl)cc3)CC2)nc1Cl. The molecule has 2 fully saturated rings. The highest BCUT2D eigenvalue weighted by Crippen LogP contribution is 2.30. The number of nitrogens with two attached hydrogens (primary N) is 5. The van der Waals surface area contributed by atoms with Crippen molar-refractivity contribution in [1.29, 1.82) is 5.41 Å². The molecule has 25 heteroatoms. The van der Waals surface area contributed by atoms with Gasteiger partial charge in [0.2, 0.25) is 17.7 Å². The van der Waals surface area contributed by atoms with Crippen LogP contribution in [0.3, 0.4) is 0 Å². The normalized spacial score (nSPS) is 14.2. The number of pyridine rings is 1. The van der Waals surface area contributed by atoms with Crippen LogP contribution in [0.2, 0.25) is 10.2 Å². The minimum Gasteiger partial charge on any atom is -0.403 e. The molecule has 1 atom stereocenters. The Bertz CT molecular complexity index is 2450. The number of unbranched alkanes of at least 4 members (excludes halogenated alkanes) is 4. The maximum absolute atomic E-state index is 13.9. The third-order valence-electron chi connectivity index (χ3n) is 12.9. The zero-order valence-electron chi connectivity index (χ0n) is 47.7. The molecule has 4 aromatic rings. The van der Waals surface area contributed by atoms with E-state index < -0.39 is 5.54 Å². The molecule has 0 spiro atoms. The number of fused-ring (bicyclic) bond motifs is 1. The largest absolute Gasteiger partial charge is 0.403 e. The van der Waals surface area contributed by atoms with Crippen molar-refractivity contribution in [1.82, 2.24) is 55.7 Å². The molecular weight excluding hydrogens is 1060 g/mol. The lowest BCUT2D eigenvalue weighted by Crippen LogP contribution is -2.60. The van der Waals surface area contributed by atoms with Crippen LogP contribution in [0.4, 0.5) is 11.5 Å². The Morgan fingerprint density at radius 2 is 1.48 bits per heavy atom. The van der Waals surface area contributed by atoms with Crippen LogP contribution in [0.15, 0.2) is 79.8 Å². The fourth-order valence-electron chi connectivity index (χ4n) is 8.58. The fraction of sp³-hybridized carbons (Fsp3) is 0.527. The number of rotatable bonds is 26. The number of nitrogens with one attached hydrogen (secondary N) is 6. The van der Waals surface area contributed by atoms with E-state index in [1.165, 1.54) is 29.7 Å². The number of aromatic nitrogens is 4. The topological polar surface area (TPSA) is 341 Å². The summed E-state index contributed by atoms with van der Waals surface area (Å²) in [4.78, 5) is 74.5. The quantitative estimate of drug-likeness (QED) is 0.0120. The maximum atomic E-state index is 13.9. The van der Waals surface area contributed by atoms with Gasteiger partial charge in [-0.15, -0.1) is 0 Å². The number of halogens is 2. The van der Waals surface area contributed by atoms with Crippen LogP contribution >= 0.6 is 23.2 Å². The molecule has 2 aliphatic heterocycles. The zero-order chi connectivity index (χ0) is 59.3. The third-order valence-corrected chi connectivity index (χ3v) is 13.4. The second-order valence-corrected chi connectivity index (χ2v) is 19.2. The van der Waals surface area contributed by atoms with Crippen LogP contribution < -0.4 is 55.1 Å². The molecule has 6 rings (SSSR count). The number of hydrogen-bond donors (Lipinski definition) is 11. The second-order valence-electron chi connectivity index (χ2n) is 18.4. The van der Waals surface area contributed by atoms with Crippen LogP contribution in [0.1, 0.15) is 121 Å². The first-order valence-electron chi connectivity index (χ1n) is 27.7. The number of benzene rings is 1. The highest BCUT2D eigenvalue weighted by Gasteiger charge is 2.39. The summed E-state index contributed by atoms with van der Waals surface area (Å²) in [7, 11) is 0. The summed E-state index contributed by atoms with van der Waals surface area (Å²) in [5.41, 5.74) is 18.4. The summed E-state index contributed by atoms with van der Waals surface area (Å²) in [6.45, 7) is 19.7. The average Bonchev–Trinajstić information content (AvgIpc) is 4.04. The highest BCUT2D eigenvalue weighted by molar-refractivity contribution is 6.32. The van der Waals surface area contributed by atoms with Gasteiger partial charge in [0.1, 0.15) is 23.5 Å². The number of amides is 4. The number of nitrogens with zero attached hydrogens (tertiary/aromatic N) is 8. The zero-order valence-corrected chi connectivity index (χ0v) is 49.2. The van der Waals surface area contributed by atoms with Crippen molar-refractivity contribution in [3.8, 4) is 0 Å². The number of hydrazine groups is 2. The molecule has 1 unspecified atom stereocenters. The van der Waals surface area contributed by atoms with E-state index in [1.54, 1.807) is 23.6 Å². The lowest BCUT2D eigenvalue weighted by atomic mass is 9.87. The van der Waals surface area contributed by atoms with Gasteiger partial charge in [-0.1, -0.05) is 89.2 Å². The Morgan fingerprint density at radius 1 is 0.838 bits per heavy atom. The number of aromatic amines is 1. The Hall–Kier alpha value is -6.60. The molecule has 0 aliphatic carbocycles. The van der Waals surface area contributed by atoms with Crippen molar-refractivity contribution in [2.24, 2.45) is 28.9 Å². The van der Waals surface area contributed by atoms with Gasteiger partial charge in [0.25, 0.3) is 5.91 Å². The third kappa shape index (κ3) is 24.4. The summed E-state index contributed by atoms with van der Waals surface area (Å²) in [6.07, 6.45) is 16.9. The number of piperidine rings is 1. The molecule has 0 radical (unpaired) electrons. The summed E-state index contributed by atoms with van der Waals surface area (Å²) >= 11 is 12.5. The monoisotopic (exact) mass is 1150 g/mol. The van der Waals surface area contributed by atoms with Crippen molar-refractivity contribution in [3.63, 3.8) is 0 Å². The van der Waals surface area contributed by atoms with Crippen LogP contribution in [0.25, 0.3) is 11.0 Å². The van der Waals surface area contributed by atoms with E-state index in [4.69, 9.17) is 57.5 Å². The lowest BCUT2D eigenvalue weighted by molar-refractivity contribution is -0.133. The van der Waals surface area contributed by atoms with Gasteiger partial charge in [-0.2, -0.15) is 0 Å². The highest BCUT2D eigenvalue weighted by atomic mass is 35.5. The molecule has 5 heterocycles. The second kappa shape index (κ2) is 39.7. The molecule has 444 valence electrons. The minimum atomic E-state index is -1.01. The van der Waals surface area contributed by atoms with Gasteiger partial charge in [-0.05, 0) is 81.1 Å². The van der Waals surface area contributed by atoms with Crippen molar-refractivity contribution in [2.75, 3.05) is 88.8 Å². The number of hydrogen-bond acceptors (Lipinski definition) is 18. The van der Waals surface area contributed by atoms with Crippen molar-refractivity contribution in [3.05, 3.63) is 101 Å². The van der Waals surface area contributed by atoms with Gasteiger partial charge in [0.15, 0.2) is 5.15 Å². The maximum Gasteiger partial charge on any atom is 0.269 e. The van der Waals surface area contributed by atoms with Crippen LogP contribution in [0.5, 0.6) is 0 Å². The van der Waals surface area contributed by atoms with Gasteiger partial charge in [0, 0.05) is 114 Å². The average molecular weight is 1150 g/mol. The summed E-state index contributed by atoms with van der Waals surface area (Å²) in [5.74, 6) is 11.2. The van der Waals surface area contributed by atoms with E-state index in [-0.39, 0.29) is 47.1 Å². The molecule has 80 heavy (non-hydrogen) atoms. The number of anilines is 2. The molecule has 1 aromatic carbocycles. The van der Waals surface area contributed by atoms with Crippen molar-refractivity contribution >= 4 is 76.1 Å². The first-order valence-corrected chi connectivity index (χ1v) is 28.5. The van der Waals surface area contributed by atoms with E-state index in [0.717, 1.165) is 87.1 Å². The molecule has 0 bridgehead atoms. The number of carbonyl (C=O) groups excluding carboxylic acids is 4. The van der Waals surface area contributed by atoms with E-state index in [0.29, 0.717) is 82.2 Å². The van der Waals surface area contributed by atoms with Gasteiger partial charge in [0.05, 0.1) is 29.2 Å². The lowest BCUT2D eigenvalue weighted by Gasteiger charge is -2.39. The first-order chi connectivity index (χ1) is 38.7. The standard InChI is InChI=1S/C45H63Cl2N15O4.C5H13N3.2C2H6.CH3N/c46-33-9-7-32(8-10-33)35(58-44(66)45(49)15-22-61(23-16-45)42-34-13-19-52-41(34)54-31-55-42)14-21-59-26-28-60(29-27-59)39(64)6-4-2-1-3-5-18-53-43(65)37-12-11-36(40(47)57-37)56-38(63)30-51-20-25-62(50)24-17-48;1-2-4-8(7)5-3-6;3*1-2/h7-13,17,19,24,31,35,51H,1-6,14-16,18,20-23,25-30,48-50H2,(H,53,65)(H,56,63)(H,58,66)(H,52,54,55);3,5H,2,4,6-7H2,1H3;2*1-2H3;2H,1H2/b24-17-;5-3-;;;. The molecule has 23 nitrogen and oxygen atoms in total. The van der Waals surface area contributed by atoms with Gasteiger partial charge < -0.3 is 68.7 Å². The molecule has 4 amide bonds. The van der Waals surface area contributed by atoms with E-state index in [9.17, 15) is 19.2 Å². The van der Waals surface area contributed by atoms with Gasteiger partial charge in [-0.3, -0.25) is 24.1 Å². The number of carbonyl (C=O) groups is 4. The molecule has 2 aliphatic rings. The predicted octanol–water partition coefficient (Wildman–Crippen LogP) is 5.57. The van der Waals surface area contributed by atoms with Crippen LogP contribution in [0, 0.1) is 5.41 Å². The minimum absolute atomic E-state index is 0.0165. The van der Waals surface area contributed by atoms with E-state index in [2.05, 4.69) is 64.6 Å². The van der Waals surface area contributed by atoms with Crippen LogP contribution in [-0.4, -0.2) is 154 Å². The Balaban J connectivity index is 0.00000141. The molecular formula is C55H91Cl2N19O4. The molecule has 0 saturated carbocycles. The Labute approximate surface area is 483 Å². The Kier molecular flexibility index (Phi) is 34.5. The fourth-order valence-corrected chi connectivity index (χ4v) is 8.90. The number of H-pyrrole nitrogens is 1. The van der Waals surface area contributed by atoms with Gasteiger partial charge >= 0.3 is 0 Å². The molecule has 16 N–H and O–H groups in total. The van der Waals surface area contributed by atoms with E-state index in [1.807, 2.05) is 69.1 Å². The smallest absolute Gasteiger partial charge is 0.269 e. The van der Waals surface area contributed by atoms with Gasteiger partial charge in [-0.25, -0.2) is 26.6 Å². The number of piperazine rings is 1.